The Kier molecular flexibility index (Phi) is 6.01. The van der Waals surface area contributed by atoms with Gasteiger partial charge in [0.25, 0.3) is 5.91 Å². The van der Waals surface area contributed by atoms with Gasteiger partial charge in [0.2, 0.25) is 0 Å². The van der Waals surface area contributed by atoms with Crippen LogP contribution in [0, 0.1) is 5.82 Å². The fraction of sp³-hybridized carbons (Fsp3) is 0.273. The molecular formula is C22H23FN2O2. The maximum absolute atomic E-state index is 13.2. The van der Waals surface area contributed by atoms with Crippen LogP contribution in [0.4, 0.5) is 4.39 Å². The molecule has 0 spiro atoms. The van der Waals surface area contributed by atoms with E-state index in [9.17, 15) is 9.18 Å². The zero-order valence-corrected chi connectivity index (χ0v) is 15.6. The molecule has 0 bridgehead atoms. The van der Waals surface area contributed by atoms with E-state index in [4.69, 9.17) is 4.74 Å². The minimum absolute atomic E-state index is 0.101. The van der Waals surface area contributed by atoms with Gasteiger partial charge in [-0.3, -0.25) is 4.79 Å². The van der Waals surface area contributed by atoms with Crippen LogP contribution in [0.5, 0.6) is 5.75 Å². The van der Waals surface area contributed by atoms with Crippen molar-refractivity contribution in [1.82, 2.24) is 10.3 Å². The summed E-state index contributed by atoms with van der Waals surface area (Å²) in [6.07, 6.45) is 1.98. The highest BCUT2D eigenvalue weighted by atomic mass is 19.1. The van der Waals surface area contributed by atoms with Crippen molar-refractivity contribution < 1.29 is 13.9 Å². The number of nitrogens with zero attached hydrogens (tertiary/aromatic N) is 1. The first-order chi connectivity index (χ1) is 13.1. The number of hydrogen-bond acceptors (Lipinski definition) is 3. The third-order valence-electron chi connectivity index (χ3n) is 4.29. The average Bonchev–Trinajstić information content (AvgIpc) is 2.68. The van der Waals surface area contributed by atoms with Gasteiger partial charge in [-0.15, -0.1) is 0 Å². The summed E-state index contributed by atoms with van der Waals surface area (Å²) in [4.78, 5) is 17.0. The van der Waals surface area contributed by atoms with Crippen LogP contribution in [0.25, 0.3) is 22.2 Å². The van der Waals surface area contributed by atoms with Crippen molar-refractivity contribution in [2.75, 3.05) is 13.2 Å². The smallest absolute Gasteiger partial charge is 0.251 e. The van der Waals surface area contributed by atoms with Gasteiger partial charge < -0.3 is 10.1 Å². The number of halogens is 1. The third-order valence-corrected chi connectivity index (χ3v) is 4.29. The average molecular weight is 366 g/mol. The second-order valence-electron chi connectivity index (χ2n) is 6.29. The maximum Gasteiger partial charge on any atom is 0.251 e. The number of fused-ring (bicyclic) bond motifs is 1. The Labute approximate surface area is 158 Å². The highest BCUT2D eigenvalue weighted by molar-refractivity contribution is 5.99. The molecule has 0 radical (unpaired) electrons. The van der Waals surface area contributed by atoms with Gasteiger partial charge in [-0.1, -0.05) is 13.3 Å². The Morgan fingerprint density at radius 3 is 2.59 bits per heavy atom. The van der Waals surface area contributed by atoms with Gasteiger partial charge in [0.15, 0.2) is 0 Å². The lowest BCUT2D eigenvalue weighted by Gasteiger charge is -2.12. The second kappa shape index (κ2) is 8.62. The van der Waals surface area contributed by atoms with Gasteiger partial charge in [-0.2, -0.15) is 0 Å². The lowest BCUT2D eigenvalue weighted by Crippen LogP contribution is -2.24. The molecule has 27 heavy (non-hydrogen) atoms. The molecule has 1 heterocycles. The van der Waals surface area contributed by atoms with Crippen LogP contribution in [-0.2, 0) is 0 Å². The molecule has 0 fully saturated rings. The van der Waals surface area contributed by atoms with Crippen molar-refractivity contribution in [3.63, 3.8) is 0 Å². The van der Waals surface area contributed by atoms with Crippen LogP contribution in [0.3, 0.4) is 0 Å². The normalized spacial score (nSPS) is 10.8. The first-order valence-corrected chi connectivity index (χ1v) is 9.24. The summed E-state index contributed by atoms with van der Waals surface area (Å²) in [7, 11) is 0. The largest absolute Gasteiger partial charge is 0.493 e. The second-order valence-corrected chi connectivity index (χ2v) is 6.29. The Balaban J connectivity index is 2.00. The van der Waals surface area contributed by atoms with Crippen LogP contribution in [0.15, 0.2) is 48.5 Å². The monoisotopic (exact) mass is 366 g/mol. The minimum atomic E-state index is -0.289. The van der Waals surface area contributed by atoms with E-state index >= 15 is 0 Å². The lowest BCUT2D eigenvalue weighted by molar-refractivity contribution is 0.0953. The summed E-state index contributed by atoms with van der Waals surface area (Å²) in [5.41, 5.74) is 2.81. The first kappa shape index (κ1) is 18.8. The van der Waals surface area contributed by atoms with Crippen molar-refractivity contribution in [2.24, 2.45) is 0 Å². The molecule has 0 aliphatic carbocycles. The molecule has 2 aromatic carbocycles. The highest BCUT2D eigenvalue weighted by Crippen LogP contribution is 2.31. The Hall–Kier alpha value is -2.95. The fourth-order valence-corrected chi connectivity index (χ4v) is 2.86. The molecule has 140 valence electrons. The highest BCUT2D eigenvalue weighted by Gasteiger charge is 2.12. The topological polar surface area (TPSA) is 51.2 Å². The van der Waals surface area contributed by atoms with Crippen LogP contribution in [-0.4, -0.2) is 24.0 Å². The first-order valence-electron chi connectivity index (χ1n) is 9.24. The number of benzene rings is 2. The SMILES string of the molecule is CCCCNC(=O)c1ccc2nc(-c3ccc(F)cc3)cc(OCC)c2c1. The van der Waals surface area contributed by atoms with Crippen molar-refractivity contribution in [3.8, 4) is 17.0 Å². The van der Waals surface area contributed by atoms with E-state index in [-0.39, 0.29) is 11.7 Å². The number of carbonyl (C=O) groups excluding carboxylic acids is 1. The Bertz CT molecular complexity index is 939. The number of hydrogen-bond donors (Lipinski definition) is 1. The zero-order valence-electron chi connectivity index (χ0n) is 15.6. The molecule has 3 aromatic rings. The number of unbranched alkanes of at least 4 members (excludes halogenated alkanes) is 1. The van der Waals surface area contributed by atoms with E-state index in [0.717, 1.165) is 29.3 Å². The standard InChI is InChI=1S/C22H23FN2O2/c1-3-5-12-24-22(26)16-8-11-19-18(13-16)21(27-4-2)14-20(25-19)15-6-9-17(23)10-7-15/h6-11,13-14H,3-5,12H2,1-2H3,(H,24,26). The molecule has 1 aromatic heterocycles. The predicted molar refractivity (Wildman–Crippen MR) is 106 cm³/mol. The minimum Gasteiger partial charge on any atom is -0.493 e. The van der Waals surface area contributed by atoms with Crippen molar-refractivity contribution in [1.29, 1.82) is 0 Å². The number of carbonyl (C=O) groups is 1. The molecule has 5 heteroatoms. The number of pyridine rings is 1. The Morgan fingerprint density at radius 2 is 1.89 bits per heavy atom. The van der Waals surface area contributed by atoms with E-state index in [1.165, 1.54) is 12.1 Å². The molecule has 0 aliphatic heterocycles. The van der Waals surface area contributed by atoms with Crippen molar-refractivity contribution in [2.45, 2.75) is 26.7 Å². The Morgan fingerprint density at radius 1 is 1.11 bits per heavy atom. The quantitative estimate of drug-likeness (QED) is 0.601. The summed E-state index contributed by atoms with van der Waals surface area (Å²) in [5, 5.41) is 3.71. The van der Waals surface area contributed by atoms with Gasteiger partial charge in [0, 0.05) is 29.1 Å². The van der Waals surface area contributed by atoms with E-state index in [0.29, 0.717) is 30.2 Å². The molecule has 0 saturated carbocycles. The molecule has 1 N–H and O–H groups in total. The van der Waals surface area contributed by atoms with E-state index in [1.807, 2.05) is 25.1 Å². The number of ether oxygens (including phenoxy) is 1. The van der Waals surface area contributed by atoms with Gasteiger partial charge >= 0.3 is 0 Å². The predicted octanol–water partition coefficient (Wildman–Crippen LogP) is 4.97. The molecule has 0 atom stereocenters. The van der Waals surface area contributed by atoms with Crippen molar-refractivity contribution >= 4 is 16.8 Å². The lowest BCUT2D eigenvalue weighted by atomic mass is 10.1. The van der Waals surface area contributed by atoms with E-state index in [1.54, 1.807) is 18.2 Å². The van der Waals surface area contributed by atoms with Crippen LogP contribution >= 0.6 is 0 Å². The number of amides is 1. The summed E-state index contributed by atoms with van der Waals surface area (Å²) >= 11 is 0. The van der Waals surface area contributed by atoms with E-state index < -0.39 is 0 Å². The van der Waals surface area contributed by atoms with E-state index in [2.05, 4.69) is 17.2 Å². The van der Waals surface area contributed by atoms with Crippen LogP contribution in [0.1, 0.15) is 37.0 Å². The fourth-order valence-electron chi connectivity index (χ4n) is 2.86. The molecule has 4 nitrogen and oxygen atoms in total. The van der Waals surface area contributed by atoms with Gasteiger partial charge in [-0.25, -0.2) is 9.37 Å². The summed E-state index contributed by atoms with van der Waals surface area (Å²) < 4.78 is 19.0. The molecular weight excluding hydrogens is 343 g/mol. The van der Waals surface area contributed by atoms with Crippen LogP contribution in [0.2, 0.25) is 0 Å². The number of rotatable bonds is 7. The molecule has 0 aliphatic rings. The molecule has 0 unspecified atom stereocenters. The van der Waals surface area contributed by atoms with Crippen molar-refractivity contribution in [3.05, 3.63) is 59.9 Å². The number of nitrogens with one attached hydrogen (secondary N) is 1. The molecule has 3 rings (SSSR count). The molecule has 1 amide bonds. The van der Waals surface area contributed by atoms with Crippen LogP contribution < -0.4 is 10.1 Å². The third kappa shape index (κ3) is 4.42. The summed E-state index contributed by atoms with van der Waals surface area (Å²) in [6, 6.07) is 13.4. The summed E-state index contributed by atoms with van der Waals surface area (Å²) in [5.74, 6) is 0.267. The summed E-state index contributed by atoms with van der Waals surface area (Å²) in [6.45, 7) is 5.15. The van der Waals surface area contributed by atoms with Gasteiger partial charge in [0.05, 0.1) is 17.8 Å². The maximum atomic E-state index is 13.2. The van der Waals surface area contributed by atoms with Gasteiger partial charge in [-0.05, 0) is 55.8 Å². The molecule has 0 saturated heterocycles. The number of aromatic nitrogens is 1. The zero-order chi connectivity index (χ0) is 19.2. The van der Waals surface area contributed by atoms with Gasteiger partial charge in [0.1, 0.15) is 11.6 Å².